The lowest BCUT2D eigenvalue weighted by Crippen LogP contribution is -2.57. The van der Waals surface area contributed by atoms with Gasteiger partial charge in [-0.3, -0.25) is 9.47 Å². The first kappa shape index (κ1) is 25.7. The number of amides is 1. The molecule has 1 amide bonds. The second-order valence-electron chi connectivity index (χ2n) is 11.3. The summed E-state index contributed by atoms with van der Waals surface area (Å²) in [5, 5.41) is 0. The van der Waals surface area contributed by atoms with E-state index in [2.05, 4.69) is 14.8 Å². The summed E-state index contributed by atoms with van der Waals surface area (Å²) in [6, 6.07) is 8.89. The van der Waals surface area contributed by atoms with Gasteiger partial charge in [-0.1, -0.05) is 12.1 Å². The number of ether oxygens (including phenoxy) is 2. The van der Waals surface area contributed by atoms with Crippen molar-refractivity contribution >= 4 is 28.8 Å². The number of imidazole rings is 1. The molecule has 12 heteroatoms. The van der Waals surface area contributed by atoms with Crippen LogP contribution in [-0.2, 0) is 9.47 Å². The van der Waals surface area contributed by atoms with Crippen LogP contribution in [0.1, 0.15) is 45.9 Å². The van der Waals surface area contributed by atoms with E-state index >= 15 is 0 Å². The van der Waals surface area contributed by atoms with Crippen molar-refractivity contribution < 1.29 is 23.0 Å². The molecule has 0 radical (unpaired) electrons. The van der Waals surface area contributed by atoms with Crippen LogP contribution in [0.2, 0.25) is 0 Å². The van der Waals surface area contributed by atoms with Crippen molar-refractivity contribution in [3.8, 4) is 5.95 Å². The van der Waals surface area contributed by atoms with Gasteiger partial charge in [0.1, 0.15) is 17.2 Å². The van der Waals surface area contributed by atoms with Gasteiger partial charge in [0.2, 0.25) is 5.95 Å². The Bertz CT molecular complexity index is 1360. The fourth-order valence-corrected chi connectivity index (χ4v) is 5.73. The van der Waals surface area contributed by atoms with Crippen LogP contribution < -0.4 is 9.80 Å². The Kier molecular flexibility index (Phi) is 6.52. The molecular formula is C27H33F2N7O3. The second-order valence-corrected chi connectivity index (χ2v) is 11.3. The fraction of sp³-hybridized carbons (Fsp3) is 0.556. The lowest BCUT2D eigenvalue weighted by atomic mass is 10.2. The average Bonchev–Trinajstić information content (AvgIpc) is 3.43. The molecule has 2 atom stereocenters. The topological polar surface area (TPSA) is 88.9 Å². The molecule has 39 heavy (non-hydrogen) atoms. The molecule has 3 fully saturated rings. The zero-order valence-corrected chi connectivity index (χ0v) is 22.4. The smallest absolute Gasteiger partial charge is 0.410 e. The summed E-state index contributed by atoms with van der Waals surface area (Å²) < 4.78 is 40.9. The van der Waals surface area contributed by atoms with E-state index in [-0.39, 0.29) is 24.1 Å². The highest BCUT2D eigenvalue weighted by Gasteiger charge is 2.45. The van der Waals surface area contributed by atoms with Crippen molar-refractivity contribution in [3.63, 3.8) is 0 Å². The van der Waals surface area contributed by atoms with Gasteiger partial charge in [-0.15, -0.1) is 0 Å². The van der Waals surface area contributed by atoms with Gasteiger partial charge in [0, 0.05) is 32.2 Å². The molecule has 1 aromatic carbocycles. The van der Waals surface area contributed by atoms with E-state index in [4.69, 9.17) is 19.4 Å². The highest BCUT2D eigenvalue weighted by molar-refractivity contribution is 5.78. The van der Waals surface area contributed by atoms with E-state index in [9.17, 15) is 13.6 Å². The summed E-state index contributed by atoms with van der Waals surface area (Å²) >= 11 is 0. The molecule has 3 aromatic rings. The largest absolute Gasteiger partial charge is 0.444 e. The maximum atomic E-state index is 14.2. The molecule has 0 aliphatic carbocycles. The van der Waals surface area contributed by atoms with Gasteiger partial charge in [0.25, 0.3) is 6.43 Å². The first-order valence-electron chi connectivity index (χ1n) is 13.4. The molecule has 2 unspecified atom stereocenters. The van der Waals surface area contributed by atoms with Crippen molar-refractivity contribution in [1.82, 2.24) is 24.4 Å². The fourth-order valence-electron chi connectivity index (χ4n) is 5.73. The van der Waals surface area contributed by atoms with Crippen molar-refractivity contribution in [2.24, 2.45) is 0 Å². The number of piperazine rings is 1. The minimum Gasteiger partial charge on any atom is -0.444 e. The van der Waals surface area contributed by atoms with E-state index in [0.717, 1.165) is 12.8 Å². The summed E-state index contributed by atoms with van der Waals surface area (Å²) in [6.45, 7) is 9.14. The van der Waals surface area contributed by atoms with Crippen molar-refractivity contribution in [3.05, 3.63) is 36.2 Å². The number of alkyl halides is 2. The summed E-state index contributed by atoms with van der Waals surface area (Å²) in [5.41, 5.74) is 0.407. The number of rotatable bonds is 4. The Balaban J connectivity index is 1.39. The van der Waals surface area contributed by atoms with Crippen LogP contribution in [0, 0.1) is 0 Å². The number of aromatic nitrogens is 4. The van der Waals surface area contributed by atoms with Crippen molar-refractivity contribution in [2.75, 3.05) is 49.2 Å². The van der Waals surface area contributed by atoms with E-state index in [1.807, 2.05) is 31.7 Å². The Morgan fingerprint density at radius 3 is 2.28 bits per heavy atom. The first-order valence-corrected chi connectivity index (χ1v) is 13.4. The molecule has 0 saturated carbocycles. The normalized spacial score (nSPS) is 21.7. The molecule has 3 saturated heterocycles. The summed E-state index contributed by atoms with van der Waals surface area (Å²) in [7, 11) is 0. The molecular weight excluding hydrogens is 508 g/mol. The quantitative estimate of drug-likeness (QED) is 0.486. The number of benzene rings is 1. The molecule has 208 valence electrons. The van der Waals surface area contributed by atoms with Gasteiger partial charge in [0.05, 0.1) is 36.3 Å². The molecule has 3 aliphatic heterocycles. The lowest BCUT2D eigenvalue weighted by molar-refractivity contribution is 0.0122. The number of para-hydroxylation sites is 2. The van der Waals surface area contributed by atoms with Crippen LogP contribution in [0.25, 0.3) is 17.0 Å². The van der Waals surface area contributed by atoms with E-state index < -0.39 is 17.9 Å². The Labute approximate surface area is 225 Å². The van der Waals surface area contributed by atoms with E-state index in [0.29, 0.717) is 62.1 Å². The van der Waals surface area contributed by atoms with Gasteiger partial charge >= 0.3 is 6.09 Å². The van der Waals surface area contributed by atoms with Crippen molar-refractivity contribution in [1.29, 1.82) is 0 Å². The van der Waals surface area contributed by atoms with Crippen LogP contribution in [0.15, 0.2) is 30.3 Å². The maximum absolute atomic E-state index is 14.2. The van der Waals surface area contributed by atoms with Gasteiger partial charge < -0.3 is 19.3 Å². The van der Waals surface area contributed by atoms with Crippen LogP contribution in [0.4, 0.5) is 25.2 Å². The molecule has 0 spiro atoms. The van der Waals surface area contributed by atoms with Crippen LogP contribution in [0.5, 0.6) is 0 Å². The summed E-state index contributed by atoms with van der Waals surface area (Å²) in [5.74, 6) is 1.05. The molecule has 0 N–H and O–H groups in total. The van der Waals surface area contributed by atoms with Gasteiger partial charge in [-0.05, 0) is 45.7 Å². The standard InChI is InChI=1S/C27H33F2N7O3/c1-27(2,3)39-26(37)35-17-8-9-18(35)16-34(15-17)22-14-21(33-10-12-38-13-11-33)31-25(32-22)36-20-7-5-4-6-19(20)30-24(36)23(28)29/h4-7,14,17-18,23H,8-13,15-16H2,1-3H3. The van der Waals surface area contributed by atoms with Crippen LogP contribution in [-0.4, -0.2) is 87.6 Å². The predicted octanol–water partition coefficient (Wildman–Crippen LogP) is 4.18. The molecule has 3 aliphatic rings. The predicted molar refractivity (Wildman–Crippen MR) is 142 cm³/mol. The Hall–Kier alpha value is -3.54. The molecule has 10 nitrogen and oxygen atoms in total. The average molecular weight is 542 g/mol. The third kappa shape index (κ3) is 4.97. The summed E-state index contributed by atoms with van der Waals surface area (Å²) in [6.07, 6.45) is -1.35. The number of fused-ring (bicyclic) bond motifs is 3. The minimum absolute atomic E-state index is 0.0189. The van der Waals surface area contributed by atoms with E-state index in [1.165, 1.54) is 4.57 Å². The lowest BCUT2D eigenvalue weighted by Gasteiger charge is -2.42. The third-order valence-electron chi connectivity index (χ3n) is 7.41. The number of carbonyl (C=O) groups is 1. The van der Waals surface area contributed by atoms with Crippen LogP contribution in [0.3, 0.4) is 0 Å². The Morgan fingerprint density at radius 2 is 1.64 bits per heavy atom. The number of anilines is 2. The zero-order chi connectivity index (χ0) is 27.3. The SMILES string of the molecule is CC(C)(C)OC(=O)N1C2CCC1CN(c1cc(N3CCOCC3)nc(-n3c(C(F)F)nc4ccccc43)n1)C2. The minimum atomic E-state index is -2.80. The number of halogens is 2. The number of nitrogens with zero attached hydrogens (tertiary/aromatic N) is 7. The highest BCUT2D eigenvalue weighted by Crippen LogP contribution is 2.35. The second kappa shape index (κ2) is 9.89. The van der Waals surface area contributed by atoms with Gasteiger partial charge in [-0.2, -0.15) is 9.97 Å². The number of morpholine rings is 1. The van der Waals surface area contributed by atoms with Gasteiger partial charge in [-0.25, -0.2) is 18.6 Å². The molecule has 2 aromatic heterocycles. The summed E-state index contributed by atoms with van der Waals surface area (Å²) in [4.78, 5) is 32.8. The van der Waals surface area contributed by atoms with E-state index in [1.54, 1.807) is 24.3 Å². The number of hydrogen-bond acceptors (Lipinski definition) is 8. The van der Waals surface area contributed by atoms with Crippen LogP contribution >= 0.6 is 0 Å². The number of hydrogen-bond donors (Lipinski definition) is 0. The van der Waals surface area contributed by atoms with Gasteiger partial charge in [0.15, 0.2) is 5.82 Å². The monoisotopic (exact) mass is 541 g/mol. The molecule has 6 rings (SSSR count). The molecule has 2 bridgehead atoms. The molecule has 5 heterocycles. The third-order valence-corrected chi connectivity index (χ3v) is 7.41. The number of carbonyl (C=O) groups excluding carboxylic acids is 1. The highest BCUT2D eigenvalue weighted by atomic mass is 19.3. The Morgan fingerprint density at radius 1 is 1.00 bits per heavy atom. The maximum Gasteiger partial charge on any atom is 0.410 e. The van der Waals surface area contributed by atoms with Crippen molar-refractivity contribution in [2.45, 2.75) is 57.7 Å². The zero-order valence-electron chi connectivity index (χ0n) is 22.4. The first-order chi connectivity index (χ1) is 18.7.